The molecule has 0 aromatic heterocycles. The Hall–Kier alpha value is -0.830. The Labute approximate surface area is 134 Å². The van der Waals surface area contributed by atoms with Crippen molar-refractivity contribution in [1.82, 2.24) is 5.32 Å². The number of nitrogens with one attached hydrogen (secondary N) is 1. The summed E-state index contributed by atoms with van der Waals surface area (Å²) in [6.45, 7) is 5.18. The molecule has 106 valence electrons. The zero-order valence-electron chi connectivity index (χ0n) is 11.8. The summed E-state index contributed by atoms with van der Waals surface area (Å²) in [5.74, 6) is 0. The second-order valence-electron chi connectivity index (χ2n) is 4.73. The van der Waals surface area contributed by atoms with E-state index in [0.717, 1.165) is 28.0 Å². The molecule has 0 bridgehead atoms. The number of rotatable bonds is 5. The maximum Gasteiger partial charge on any atom is 0.0599 e. The molecule has 0 amide bonds. The van der Waals surface area contributed by atoms with Crippen LogP contribution in [-0.4, -0.2) is 6.54 Å². The fourth-order valence-corrected chi connectivity index (χ4v) is 2.96. The van der Waals surface area contributed by atoms with E-state index >= 15 is 0 Å². The molecule has 0 heterocycles. The highest BCUT2D eigenvalue weighted by atomic mass is 79.9. The Balaban J connectivity index is 2.47. The minimum atomic E-state index is 0.122. The SMILES string of the molecule is CCNC(c1cccc(CC)c1)c1cccc(Br)c1Cl. The number of benzene rings is 2. The molecule has 2 rings (SSSR count). The molecule has 0 aliphatic rings. The third-order valence-electron chi connectivity index (χ3n) is 3.39. The van der Waals surface area contributed by atoms with E-state index in [-0.39, 0.29) is 6.04 Å². The van der Waals surface area contributed by atoms with E-state index in [1.165, 1.54) is 11.1 Å². The second kappa shape index (κ2) is 7.26. The molecule has 1 atom stereocenters. The fraction of sp³-hybridized carbons (Fsp3) is 0.294. The third kappa shape index (κ3) is 3.43. The maximum atomic E-state index is 6.46. The van der Waals surface area contributed by atoms with Gasteiger partial charge in [0.2, 0.25) is 0 Å². The third-order valence-corrected chi connectivity index (χ3v) is 4.70. The van der Waals surface area contributed by atoms with E-state index in [1.807, 2.05) is 12.1 Å². The van der Waals surface area contributed by atoms with Crippen LogP contribution in [0.3, 0.4) is 0 Å². The van der Waals surface area contributed by atoms with Crippen LogP contribution >= 0.6 is 27.5 Å². The van der Waals surface area contributed by atoms with Gasteiger partial charge in [-0.15, -0.1) is 0 Å². The molecule has 2 aromatic rings. The normalized spacial score (nSPS) is 12.4. The van der Waals surface area contributed by atoms with Gasteiger partial charge < -0.3 is 5.32 Å². The highest BCUT2D eigenvalue weighted by Crippen LogP contribution is 2.33. The summed E-state index contributed by atoms with van der Waals surface area (Å²) in [7, 11) is 0. The lowest BCUT2D eigenvalue weighted by Crippen LogP contribution is -2.22. The summed E-state index contributed by atoms with van der Waals surface area (Å²) in [4.78, 5) is 0. The first-order chi connectivity index (χ1) is 9.67. The molecule has 1 N–H and O–H groups in total. The summed E-state index contributed by atoms with van der Waals surface area (Å²) >= 11 is 9.97. The monoisotopic (exact) mass is 351 g/mol. The van der Waals surface area contributed by atoms with Crippen molar-refractivity contribution in [2.75, 3.05) is 6.54 Å². The minimum Gasteiger partial charge on any atom is -0.306 e. The van der Waals surface area contributed by atoms with Crippen LogP contribution in [0.2, 0.25) is 5.02 Å². The largest absolute Gasteiger partial charge is 0.306 e. The average molecular weight is 353 g/mol. The number of hydrogen-bond donors (Lipinski definition) is 1. The lowest BCUT2D eigenvalue weighted by molar-refractivity contribution is 0.630. The molecule has 0 fully saturated rings. The Morgan fingerprint density at radius 1 is 1.15 bits per heavy atom. The van der Waals surface area contributed by atoms with Crippen molar-refractivity contribution in [3.8, 4) is 0 Å². The van der Waals surface area contributed by atoms with E-state index in [0.29, 0.717) is 0 Å². The molecule has 0 aliphatic heterocycles. The molecule has 3 heteroatoms. The Morgan fingerprint density at radius 3 is 2.60 bits per heavy atom. The van der Waals surface area contributed by atoms with Gasteiger partial charge in [0.05, 0.1) is 11.1 Å². The predicted octanol–water partition coefficient (Wildman–Crippen LogP) is 5.36. The van der Waals surface area contributed by atoms with Gasteiger partial charge in [-0.2, -0.15) is 0 Å². The lowest BCUT2D eigenvalue weighted by Gasteiger charge is -2.21. The first kappa shape index (κ1) is 15.6. The van der Waals surface area contributed by atoms with Crippen LogP contribution in [0.1, 0.15) is 36.6 Å². The fourth-order valence-electron chi connectivity index (χ4n) is 2.35. The second-order valence-corrected chi connectivity index (χ2v) is 5.96. The van der Waals surface area contributed by atoms with Crippen molar-refractivity contribution < 1.29 is 0 Å². The summed E-state index contributed by atoms with van der Waals surface area (Å²) in [6, 6.07) is 14.9. The molecule has 20 heavy (non-hydrogen) atoms. The minimum absolute atomic E-state index is 0.122. The Kier molecular flexibility index (Phi) is 5.64. The van der Waals surface area contributed by atoms with Gasteiger partial charge in [-0.05, 0) is 51.7 Å². The van der Waals surface area contributed by atoms with E-state index in [2.05, 4.69) is 65.4 Å². The van der Waals surface area contributed by atoms with E-state index in [4.69, 9.17) is 11.6 Å². The van der Waals surface area contributed by atoms with Crippen molar-refractivity contribution >= 4 is 27.5 Å². The van der Waals surface area contributed by atoms with Crippen LogP contribution in [0.15, 0.2) is 46.9 Å². The van der Waals surface area contributed by atoms with E-state index < -0.39 is 0 Å². The molecule has 0 saturated heterocycles. The van der Waals surface area contributed by atoms with Crippen LogP contribution < -0.4 is 5.32 Å². The van der Waals surface area contributed by atoms with Crippen molar-refractivity contribution in [3.05, 3.63) is 68.7 Å². The summed E-state index contributed by atoms with van der Waals surface area (Å²) < 4.78 is 0.936. The summed E-state index contributed by atoms with van der Waals surface area (Å²) in [5.41, 5.74) is 3.71. The van der Waals surface area contributed by atoms with Gasteiger partial charge in [0, 0.05) is 4.47 Å². The molecular weight excluding hydrogens is 334 g/mol. The Morgan fingerprint density at radius 2 is 1.90 bits per heavy atom. The standard InChI is InChI=1S/C17H19BrClN/c1-3-12-7-5-8-13(11-12)17(20-4-2)14-9-6-10-15(18)16(14)19/h5-11,17,20H,3-4H2,1-2H3. The smallest absolute Gasteiger partial charge is 0.0599 e. The van der Waals surface area contributed by atoms with Gasteiger partial charge in [0.15, 0.2) is 0 Å². The van der Waals surface area contributed by atoms with Crippen molar-refractivity contribution in [3.63, 3.8) is 0 Å². The van der Waals surface area contributed by atoms with Gasteiger partial charge >= 0.3 is 0 Å². The van der Waals surface area contributed by atoms with Crippen molar-refractivity contribution in [2.24, 2.45) is 0 Å². The highest BCUT2D eigenvalue weighted by Gasteiger charge is 2.17. The lowest BCUT2D eigenvalue weighted by atomic mass is 9.96. The molecule has 1 nitrogen and oxygen atoms in total. The van der Waals surface area contributed by atoms with E-state index in [9.17, 15) is 0 Å². The van der Waals surface area contributed by atoms with Crippen LogP contribution in [0.4, 0.5) is 0 Å². The van der Waals surface area contributed by atoms with Crippen LogP contribution in [-0.2, 0) is 6.42 Å². The molecule has 2 aromatic carbocycles. The zero-order chi connectivity index (χ0) is 14.5. The molecule has 1 unspecified atom stereocenters. The van der Waals surface area contributed by atoms with E-state index in [1.54, 1.807) is 0 Å². The maximum absolute atomic E-state index is 6.46. The molecule has 0 spiro atoms. The van der Waals surface area contributed by atoms with Crippen LogP contribution in [0, 0.1) is 0 Å². The van der Waals surface area contributed by atoms with Gasteiger partial charge in [0.1, 0.15) is 0 Å². The molecular formula is C17H19BrClN. The average Bonchev–Trinajstić information content (AvgIpc) is 2.48. The number of halogens is 2. The van der Waals surface area contributed by atoms with Crippen LogP contribution in [0.5, 0.6) is 0 Å². The first-order valence-corrected chi connectivity index (χ1v) is 8.10. The molecule has 0 radical (unpaired) electrons. The quantitative estimate of drug-likeness (QED) is 0.763. The predicted molar refractivity (Wildman–Crippen MR) is 90.5 cm³/mol. The van der Waals surface area contributed by atoms with Gasteiger partial charge in [-0.25, -0.2) is 0 Å². The summed E-state index contributed by atoms with van der Waals surface area (Å²) in [5, 5.41) is 4.31. The summed E-state index contributed by atoms with van der Waals surface area (Å²) in [6.07, 6.45) is 1.04. The highest BCUT2D eigenvalue weighted by molar-refractivity contribution is 9.10. The topological polar surface area (TPSA) is 12.0 Å². The van der Waals surface area contributed by atoms with Crippen LogP contribution in [0.25, 0.3) is 0 Å². The van der Waals surface area contributed by atoms with Crippen molar-refractivity contribution in [1.29, 1.82) is 0 Å². The zero-order valence-corrected chi connectivity index (χ0v) is 14.1. The molecule has 0 aliphatic carbocycles. The van der Waals surface area contributed by atoms with Gasteiger partial charge in [0.25, 0.3) is 0 Å². The van der Waals surface area contributed by atoms with Gasteiger partial charge in [-0.1, -0.05) is 61.8 Å². The Bertz CT molecular complexity index is 583. The molecule has 0 saturated carbocycles. The number of hydrogen-bond acceptors (Lipinski definition) is 1. The number of aryl methyl sites for hydroxylation is 1. The van der Waals surface area contributed by atoms with Crippen molar-refractivity contribution in [2.45, 2.75) is 26.3 Å². The first-order valence-electron chi connectivity index (χ1n) is 6.93. The van der Waals surface area contributed by atoms with Gasteiger partial charge in [-0.3, -0.25) is 0 Å².